The number of aromatic nitrogens is 1. The number of aliphatic hydroxyl groups excluding tert-OH is 1. The number of aliphatic hydroxyl groups is 1. The second-order valence-electron chi connectivity index (χ2n) is 4.45. The SMILES string of the molecule is Cc1cnc(C(C)NC2CS(=O)(=O)CC2O)o1. The highest BCUT2D eigenvalue weighted by Crippen LogP contribution is 2.18. The Morgan fingerprint density at radius 3 is 2.76 bits per heavy atom. The molecule has 2 rings (SSSR count). The monoisotopic (exact) mass is 260 g/mol. The second kappa shape index (κ2) is 4.40. The lowest BCUT2D eigenvalue weighted by atomic mass is 10.2. The first-order valence-corrected chi connectivity index (χ1v) is 7.26. The molecule has 17 heavy (non-hydrogen) atoms. The maximum absolute atomic E-state index is 11.3. The molecular formula is C10H16N2O4S. The molecule has 0 amide bonds. The van der Waals surface area contributed by atoms with Crippen LogP contribution in [0.5, 0.6) is 0 Å². The largest absolute Gasteiger partial charge is 0.444 e. The van der Waals surface area contributed by atoms with Crippen LogP contribution in [0.25, 0.3) is 0 Å². The molecule has 0 spiro atoms. The van der Waals surface area contributed by atoms with Gasteiger partial charge in [-0.05, 0) is 13.8 Å². The van der Waals surface area contributed by atoms with E-state index in [0.717, 1.165) is 0 Å². The zero-order valence-corrected chi connectivity index (χ0v) is 10.6. The molecule has 3 atom stereocenters. The summed E-state index contributed by atoms with van der Waals surface area (Å²) in [5.41, 5.74) is 0. The van der Waals surface area contributed by atoms with Gasteiger partial charge < -0.3 is 9.52 Å². The summed E-state index contributed by atoms with van der Waals surface area (Å²) in [4.78, 5) is 4.06. The van der Waals surface area contributed by atoms with Crippen molar-refractivity contribution in [1.82, 2.24) is 10.3 Å². The van der Waals surface area contributed by atoms with E-state index >= 15 is 0 Å². The summed E-state index contributed by atoms with van der Waals surface area (Å²) in [6.45, 7) is 3.61. The molecular weight excluding hydrogens is 244 g/mol. The summed E-state index contributed by atoms with van der Waals surface area (Å²) in [7, 11) is -3.13. The van der Waals surface area contributed by atoms with Crippen molar-refractivity contribution in [1.29, 1.82) is 0 Å². The molecule has 1 aromatic heterocycles. The molecule has 96 valence electrons. The van der Waals surface area contributed by atoms with Crippen molar-refractivity contribution >= 4 is 9.84 Å². The molecule has 1 saturated heterocycles. The highest BCUT2D eigenvalue weighted by molar-refractivity contribution is 7.91. The fraction of sp³-hybridized carbons (Fsp3) is 0.700. The molecule has 0 aromatic carbocycles. The Hall–Kier alpha value is -0.920. The summed E-state index contributed by atoms with van der Waals surface area (Å²) >= 11 is 0. The Morgan fingerprint density at radius 2 is 2.29 bits per heavy atom. The van der Waals surface area contributed by atoms with Gasteiger partial charge in [-0.1, -0.05) is 0 Å². The number of oxazole rings is 1. The molecule has 1 aliphatic heterocycles. The van der Waals surface area contributed by atoms with Crippen molar-refractivity contribution in [2.75, 3.05) is 11.5 Å². The fourth-order valence-electron chi connectivity index (χ4n) is 1.95. The third kappa shape index (κ3) is 2.85. The minimum absolute atomic E-state index is 0.0435. The predicted octanol–water partition coefficient (Wildman–Crippen LogP) is -0.208. The average Bonchev–Trinajstić information content (AvgIpc) is 2.71. The zero-order chi connectivity index (χ0) is 12.6. The van der Waals surface area contributed by atoms with Crippen molar-refractivity contribution in [3.05, 3.63) is 17.8 Å². The molecule has 1 aliphatic rings. The Kier molecular flexibility index (Phi) is 3.24. The van der Waals surface area contributed by atoms with Crippen molar-refractivity contribution < 1.29 is 17.9 Å². The molecule has 6 nitrogen and oxygen atoms in total. The van der Waals surface area contributed by atoms with Gasteiger partial charge in [0.05, 0.1) is 29.8 Å². The second-order valence-corrected chi connectivity index (χ2v) is 6.60. The molecule has 0 radical (unpaired) electrons. The fourth-order valence-corrected chi connectivity index (χ4v) is 3.71. The van der Waals surface area contributed by atoms with E-state index in [0.29, 0.717) is 11.7 Å². The average molecular weight is 260 g/mol. The lowest BCUT2D eigenvalue weighted by Gasteiger charge is -2.18. The number of nitrogens with zero attached hydrogens (tertiary/aromatic N) is 1. The summed E-state index contributed by atoms with van der Waals surface area (Å²) < 4.78 is 28.0. The van der Waals surface area contributed by atoms with Gasteiger partial charge in [0.2, 0.25) is 5.89 Å². The highest BCUT2D eigenvalue weighted by atomic mass is 32.2. The summed E-state index contributed by atoms with van der Waals surface area (Å²) in [6.07, 6.45) is 0.744. The van der Waals surface area contributed by atoms with E-state index in [-0.39, 0.29) is 17.5 Å². The van der Waals surface area contributed by atoms with Gasteiger partial charge >= 0.3 is 0 Å². The topological polar surface area (TPSA) is 92.4 Å². The zero-order valence-electron chi connectivity index (χ0n) is 9.75. The van der Waals surface area contributed by atoms with E-state index in [1.54, 1.807) is 13.1 Å². The van der Waals surface area contributed by atoms with Gasteiger partial charge in [-0.2, -0.15) is 0 Å². The first-order chi connectivity index (χ1) is 7.87. The van der Waals surface area contributed by atoms with Crippen LogP contribution in [0.4, 0.5) is 0 Å². The van der Waals surface area contributed by atoms with E-state index in [1.165, 1.54) is 0 Å². The molecule has 7 heteroatoms. The molecule has 1 fully saturated rings. The molecule has 2 N–H and O–H groups in total. The normalized spacial score (nSPS) is 29.4. The van der Waals surface area contributed by atoms with Gasteiger partial charge in [-0.25, -0.2) is 13.4 Å². The van der Waals surface area contributed by atoms with Gasteiger partial charge in [-0.3, -0.25) is 5.32 Å². The number of hydrogen-bond donors (Lipinski definition) is 2. The van der Waals surface area contributed by atoms with Gasteiger partial charge in [-0.15, -0.1) is 0 Å². The number of nitrogens with one attached hydrogen (secondary N) is 1. The van der Waals surface area contributed by atoms with Gasteiger partial charge in [0.1, 0.15) is 5.76 Å². The lowest BCUT2D eigenvalue weighted by molar-refractivity contribution is 0.157. The van der Waals surface area contributed by atoms with Crippen LogP contribution in [0.1, 0.15) is 24.6 Å². The standard InChI is InChI=1S/C10H16N2O4S/c1-6-3-11-10(16-6)7(2)12-8-4-17(14,15)5-9(8)13/h3,7-9,12-13H,4-5H2,1-2H3. The minimum Gasteiger partial charge on any atom is -0.444 e. The minimum atomic E-state index is -3.13. The van der Waals surface area contributed by atoms with Crippen LogP contribution in [0.3, 0.4) is 0 Å². The van der Waals surface area contributed by atoms with Gasteiger partial charge in [0.25, 0.3) is 0 Å². The molecule has 0 saturated carbocycles. The van der Waals surface area contributed by atoms with Crippen molar-refractivity contribution in [3.63, 3.8) is 0 Å². The smallest absolute Gasteiger partial charge is 0.211 e. The number of hydrogen-bond acceptors (Lipinski definition) is 6. The van der Waals surface area contributed by atoms with Crippen molar-refractivity contribution in [2.45, 2.75) is 32.0 Å². The quantitative estimate of drug-likeness (QED) is 0.781. The number of sulfone groups is 1. The van der Waals surface area contributed by atoms with Gasteiger partial charge in [0.15, 0.2) is 9.84 Å². The van der Waals surface area contributed by atoms with E-state index < -0.39 is 22.0 Å². The molecule has 0 bridgehead atoms. The van der Waals surface area contributed by atoms with Crippen LogP contribution in [0.15, 0.2) is 10.6 Å². The predicted molar refractivity (Wildman–Crippen MR) is 61.2 cm³/mol. The van der Waals surface area contributed by atoms with Crippen LogP contribution in [-0.2, 0) is 9.84 Å². The Labute approximate surface area is 100.0 Å². The maximum atomic E-state index is 11.3. The first-order valence-electron chi connectivity index (χ1n) is 5.44. The van der Waals surface area contributed by atoms with Crippen LogP contribution in [0, 0.1) is 6.92 Å². The van der Waals surface area contributed by atoms with E-state index in [9.17, 15) is 13.5 Å². The van der Waals surface area contributed by atoms with E-state index in [1.807, 2.05) is 6.92 Å². The van der Waals surface area contributed by atoms with Crippen molar-refractivity contribution in [3.8, 4) is 0 Å². The maximum Gasteiger partial charge on any atom is 0.211 e. The lowest BCUT2D eigenvalue weighted by Crippen LogP contribution is -2.40. The van der Waals surface area contributed by atoms with Crippen LogP contribution in [-0.4, -0.2) is 42.2 Å². The molecule has 1 aromatic rings. The summed E-state index contributed by atoms with van der Waals surface area (Å²) in [6, 6.07) is -0.682. The summed E-state index contributed by atoms with van der Waals surface area (Å²) in [5, 5.41) is 12.7. The third-order valence-electron chi connectivity index (χ3n) is 2.80. The van der Waals surface area contributed by atoms with E-state index in [2.05, 4.69) is 10.3 Å². The van der Waals surface area contributed by atoms with Crippen LogP contribution >= 0.6 is 0 Å². The molecule has 0 aliphatic carbocycles. The Bertz CT molecular complexity index is 496. The van der Waals surface area contributed by atoms with Crippen LogP contribution < -0.4 is 5.32 Å². The molecule has 3 unspecified atom stereocenters. The number of aryl methyl sites for hydroxylation is 1. The Morgan fingerprint density at radius 1 is 1.59 bits per heavy atom. The van der Waals surface area contributed by atoms with Crippen molar-refractivity contribution in [2.24, 2.45) is 0 Å². The van der Waals surface area contributed by atoms with E-state index in [4.69, 9.17) is 4.42 Å². The summed E-state index contributed by atoms with van der Waals surface area (Å²) in [5.74, 6) is 0.979. The third-order valence-corrected chi connectivity index (χ3v) is 4.51. The first kappa shape index (κ1) is 12.5. The van der Waals surface area contributed by atoms with Gasteiger partial charge in [0, 0.05) is 6.04 Å². The Balaban J connectivity index is 2.02. The highest BCUT2D eigenvalue weighted by Gasteiger charge is 2.37. The number of rotatable bonds is 3. The molecule has 2 heterocycles. The van der Waals surface area contributed by atoms with Crippen LogP contribution in [0.2, 0.25) is 0 Å².